The van der Waals surface area contributed by atoms with Crippen molar-refractivity contribution in [3.63, 3.8) is 0 Å². The van der Waals surface area contributed by atoms with E-state index in [0.717, 1.165) is 0 Å². The van der Waals surface area contributed by atoms with Gasteiger partial charge in [-0.2, -0.15) is 7.82 Å². The first kappa shape index (κ1) is 15.8. The van der Waals surface area contributed by atoms with E-state index in [0.29, 0.717) is 0 Å². The minimum Gasteiger partial charge on any atom is -0.822 e. The zero-order chi connectivity index (χ0) is 4.50. The van der Waals surface area contributed by atoms with E-state index >= 15 is 0 Å². The first-order valence-corrected chi connectivity index (χ1v) is 2.19. The predicted octanol–water partition coefficient (Wildman–Crippen LogP) is -5.71. The minimum atomic E-state index is -5.39. The zero-order valence-electron chi connectivity index (χ0n) is 4.79. The van der Waals surface area contributed by atoms with Gasteiger partial charge in [-0.05, 0) is 0 Å². The summed E-state index contributed by atoms with van der Waals surface area (Å²) in [5.74, 6) is 0. The quantitative estimate of drug-likeness (QED) is 0.266. The topological polar surface area (TPSA) is 86.2 Å². The third kappa shape index (κ3) is 118. The van der Waals surface area contributed by atoms with Crippen LogP contribution in [0.3, 0.4) is 0 Å². The molecule has 0 aromatic carbocycles. The molecular weight excluding hydrogens is 167 g/mol. The van der Waals surface area contributed by atoms with Crippen molar-refractivity contribution in [2.75, 3.05) is 0 Å². The number of hydrogen-bond donors (Lipinski definition) is 0. The summed E-state index contributed by atoms with van der Waals surface area (Å²) < 4.78 is 8.55. The summed E-state index contributed by atoms with van der Waals surface area (Å²) in [6, 6.07) is 0. The Hall–Kier alpha value is 1.33. The third-order valence-corrected chi connectivity index (χ3v) is 0. The number of rotatable bonds is 0. The molecule has 0 saturated heterocycles. The van der Waals surface area contributed by atoms with Crippen LogP contribution in [0.2, 0.25) is 0 Å². The maximum atomic E-state index is 8.55. The minimum absolute atomic E-state index is 0. The van der Waals surface area contributed by atoms with Crippen molar-refractivity contribution in [2.24, 2.45) is 0 Å². The maximum Gasteiger partial charge on any atom is 2.00 e. The summed E-state index contributed by atoms with van der Waals surface area (Å²) in [5.41, 5.74) is 0. The molecule has 0 rings (SSSR count). The van der Waals surface area contributed by atoms with E-state index in [-0.39, 0.29) is 39.8 Å². The van der Waals surface area contributed by atoms with Crippen LogP contribution in [0.25, 0.3) is 0 Å². The van der Waals surface area contributed by atoms with E-state index in [9.17, 15) is 0 Å². The van der Waals surface area contributed by atoms with Crippen LogP contribution >= 0.6 is 7.82 Å². The maximum absolute atomic E-state index is 8.55. The summed E-state index contributed by atoms with van der Waals surface area (Å²) in [7, 11) is -5.39. The average molecular weight is 168 g/mol. The standard InChI is InChI=1S/Li.H3O4P.Zn/c;1-5(2,3)4;/h;(H3,1,2,3,4);/q+1;;+2/p-2. The summed E-state index contributed by atoms with van der Waals surface area (Å²) in [6.07, 6.45) is 0. The normalized spacial score (nSPS) is 8.43. The molecular formula is HLiO4PZn+. The molecule has 0 atom stereocenters. The molecule has 0 N–H and O–H groups in total. The monoisotopic (exact) mass is 167 g/mol. The van der Waals surface area contributed by atoms with Crippen LogP contribution < -0.4 is 33.5 Å². The average Bonchev–Trinajstić information content (AvgIpc) is 0.722. The zero-order valence-corrected chi connectivity index (χ0v) is 7.65. The molecule has 0 unspecified atom stereocenters. The Labute approximate surface area is 67.0 Å². The van der Waals surface area contributed by atoms with Crippen molar-refractivity contribution >= 4 is 7.82 Å². The number of hydrogen-bond acceptors (Lipinski definition) is 4. The third-order valence-electron chi connectivity index (χ3n) is 0. The predicted molar refractivity (Wildman–Crippen MR) is 8.72 cm³/mol. The van der Waals surface area contributed by atoms with Crippen molar-refractivity contribution in [2.45, 2.75) is 0 Å². The Balaban J connectivity index is -0.0000000267. The van der Waals surface area contributed by atoms with Gasteiger partial charge in [0.2, 0.25) is 0 Å². The van der Waals surface area contributed by atoms with E-state index in [1.54, 1.807) is 0 Å². The van der Waals surface area contributed by atoms with Crippen molar-refractivity contribution in [1.82, 2.24) is 0 Å². The van der Waals surface area contributed by atoms with Gasteiger partial charge in [0.25, 0.3) is 0 Å². The van der Waals surface area contributed by atoms with Gasteiger partial charge in [0.05, 0.1) is 0 Å². The second-order valence-corrected chi connectivity index (χ2v) is 1.34. The first-order valence-electron chi connectivity index (χ1n) is 0.730. The van der Waals surface area contributed by atoms with Gasteiger partial charge < -0.3 is 19.2 Å². The van der Waals surface area contributed by atoms with Gasteiger partial charge in [0, 0.05) is 0 Å². The van der Waals surface area contributed by atoms with E-state index in [4.69, 9.17) is 19.2 Å². The molecule has 0 amide bonds. The van der Waals surface area contributed by atoms with Crippen LogP contribution in [0, 0.1) is 0 Å². The molecule has 0 fully saturated rings. The van der Waals surface area contributed by atoms with Gasteiger partial charge in [0.1, 0.15) is 0 Å². The van der Waals surface area contributed by atoms with Crippen LogP contribution in [0.5, 0.6) is 0 Å². The van der Waals surface area contributed by atoms with Gasteiger partial charge in [-0.3, -0.25) is 0 Å². The fourth-order valence-corrected chi connectivity index (χ4v) is 0. The largest absolute Gasteiger partial charge is 2.00 e. The molecule has 7 heavy (non-hydrogen) atoms. The molecule has 0 heterocycles. The van der Waals surface area contributed by atoms with Crippen LogP contribution in [0.15, 0.2) is 0 Å². The fourth-order valence-electron chi connectivity index (χ4n) is 0. The molecule has 0 aliphatic heterocycles. The first-order chi connectivity index (χ1) is 2.00. The molecule has 0 bridgehead atoms. The van der Waals surface area contributed by atoms with Crippen molar-refractivity contribution in [3.05, 3.63) is 0 Å². The molecule has 0 aromatic heterocycles. The van der Waals surface area contributed by atoms with Gasteiger partial charge in [-0.15, -0.1) is 0 Å². The van der Waals surface area contributed by atoms with Crippen molar-refractivity contribution in [3.8, 4) is 0 Å². The molecule has 4 nitrogen and oxygen atoms in total. The second kappa shape index (κ2) is 5.47. The van der Waals surface area contributed by atoms with Crippen molar-refractivity contribution < 1.29 is 59.0 Å². The van der Waals surface area contributed by atoms with E-state index in [1.807, 2.05) is 0 Å². The van der Waals surface area contributed by atoms with Crippen LogP contribution in [-0.2, 0) is 24.0 Å². The Morgan fingerprint density at radius 3 is 1.29 bits per heavy atom. The van der Waals surface area contributed by atoms with Gasteiger partial charge >= 0.3 is 39.8 Å². The molecule has 0 aromatic rings. The van der Waals surface area contributed by atoms with Gasteiger partial charge in [0.15, 0.2) is 0 Å². The van der Waals surface area contributed by atoms with E-state index < -0.39 is 7.82 Å². The summed E-state index contributed by atoms with van der Waals surface area (Å²) in [5, 5.41) is 0. The molecule has 0 saturated carbocycles. The molecule has 0 aliphatic carbocycles. The molecule has 0 radical (unpaired) electrons. The SMILES string of the molecule is O=P([O-])([O-])[O-].[H+].[Li+].[Zn+2]. The molecule has 32 valence electrons. The Bertz CT molecular complexity index is 62.2. The van der Waals surface area contributed by atoms with E-state index in [2.05, 4.69) is 0 Å². The molecule has 7 heteroatoms. The summed E-state index contributed by atoms with van der Waals surface area (Å²) in [4.78, 5) is 25.6. The molecule has 0 spiro atoms. The Morgan fingerprint density at radius 1 is 1.29 bits per heavy atom. The number of phosphoric acid groups is 1. The Kier molecular flexibility index (Phi) is 12.3. The summed E-state index contributed by atoms with van der Waals surface area (Å²) >= 11 is 0. The second-order valence-electron chi connectivity index (χ2n) is 0.447. The van der Waals surface area contributed by atoms with Crippen LogP contribution in [0.4, 0.5) is 0 Å². The van der Waals surface area contributed by atoms with Crippen LogP contribution in [0.1, 0.15) is 1.43 Å². The van der Waals surface area contributed by atoms with Gasteiger partial charge in [-0.25, -0.2) is 0 Å². The Morgan fingerprint density at radius 2 is 1.29 bits per heavy atom. The van der Waals surface area contributed by atoms with Crippen molar-refractivity contribution in [1.29, 1.82) is 0 Å². The van der Waals surface area contributed by atoms with Crippen LogP contribution in [-0.4, -0.2) is 0 Å². The summed E-state index contributed by atoms with van der Waals surface area (Å²) in [6.45, 7) is 0. The fraction of sp³-hybridized carbons (Fsp3) is 0. The van der Waals surface area contributed by atoms with Gasteiger partial charge in [-0.1, -0.05) is 0 Å². The molecule has 0 aliphatic rings. The smallest absolute Gasteiger partial charge is 0.822 e. The van der Waals surface area contributed by atoms with E-state index in [1.165, 1.54) is 0 Å².